The van der Waals surface area contributed by atoms with E-state index < -0.39 is 0 Å². The van der Waals surface area contributed by atoms with Gasteiger partial charge >= 0.3 is 11.9 Å². The van der Waals surface area contributed by atoms with Gasteiger partial charge in [-0.3, -0.25) is 9.59 Å². The van der Waals surface area contributed by atoms with Crippen LogP contribution < -0.4 is 0 Å². The maximum atomic E-state index is 12.0. The number of rotatable bonds is 45. The van der Waals surface area contributed by atoms with Gasteiger partial charge in [0.25, 0.3) is 0 Å². The summed E-state index contributed by atoms with van der Waals surface area (Å²) < 4.78 is 75.5. The van der Waals surface area contributed by atoms with Gasteiger partial charge in [0, 0.05) is 0 Å². The maximum Gasteiger partial charge on any atom is 0.308 e. The number of hydrogen-bond donors (Lipinski definition) is 0. The molecule has 1 unspecified atom stereocenters. The van der Waals surface area contributed by atoms with Crippen molar-refractivity contribution in [2.24, 2.45) is 5.92 Å². The highest BCUT2D eigenvalue weighted by atomic mass is 16.6. The van der Waals surface area contributed by atoms with Crippen molar-refractivity contribution in [3.05, 3.63) is 0 Å². The molecule has 0 saturated heterocycles. The second-order valence-electron chi connectivity index (χ2n) is 11.3. The molecule has 0 aliphatic rings. The Hall–Kier alpha value is -1.54. The zero-order valence-corrected chi connectivity index (χ0v) is 33.0. The molecule has 0 radical (unpaired) electrons. The first kappa shape index (κ1) is 51.5. The molecule has 53 heavy (non-hydrogen) atoms. The first-order valence-electron chi connectivity index (χ1n) is 19.4. The molecule has 16 heteroatoms. The quantitative estimate of drug-likeness (QED) is 0.0655. The summed E-state index contributed by atoms with van der Waals surface area (Å²) in [6, 6.07) is 0. The van der Waals surface area contributed by atoms with Crippen molar-refractivity contribution in [3.63, 3.8) is 0 Å². The normalized spacial score (nSPS) is 12.0. The lowest BCUT2D eigenvalue weighted by molar-refractivity contribution is -0.150. The summed E-state index contributed by atoms with van der Waals surface area (Å²) in [6.45, 7) is 17.8. The number of esters is 2. The summed E-state index contributed by atoms with van der Waals surface area (Å²) in [5.41, 5.74) is 0. The number of unbranched alkanes of at least 4 members (excludes halogenated alkanes) is 1. The Morgan fingerprint density at radius 1 is 0.377 bits per heavy atom. The Morgan fingerprint density at radius 2 is 0.660 bits per heavy atom. The lowest BCUT2D eigenvalue weighted by Gasteiger charge is -2.13. The minimum Gasteiger partial charge on any atom is -0.466 e. The summed E-state index contributed by atoms with van der Waals surface area (Å²) >= 11 is 0. The van der Waals surface area contributed by atoms with E-state index in [0.29, 0.717) is 165 Å². The lowest BCUT2D eigenvalue weighted by Crippen LogP contribution is -2.20. The van der Waals surface area contributed by atoms with E-state index in [1.165, 1.54) is 0 Å². The summed E-state index contributed by atoms with van der Waals surface area (Å²) in [7, 11) is 0. The third-order valence-corrected chi connectivity index (χ3v) is 7.05. The molecular formula is C37H72O16. The van der Waals surface area contributed by atoms with E-state index in [0.717, 1.165) is 25.7 Å². The average molecular weight is 773 g/mol. The third kappa shape index (κ3) is 41.5. The van der Waals surface area contributed by atoms with E-state index in [9.17, 15) is 9.59 Å². The molecule has 0 bridgehead atoms. The van der Waals surface area contributed by atoms with Crippen LogP contribution in [0.3, 0.4) is 0 Å². The summed E-state index contributed by atoms with van der Waals surface area (Å²) in [6.07, 6.45) is 4.07. The first-order chi connectivity index (χ1) is 26.2. The maximum absolute atomic E-state index is 12.0. The van der Waals surface area contributed by atoms with Crippen LogP contribution in [-0.2, 0) is 75.9 Å². The molecule has 0 spiro atoms. The summed E-state index contributed by atoms with van der Waals surface area (Å²) in [5.74, 6) is -0.387. The van der Waals surface area contributed by atoms with Gasteiger partial charge in [0.1, 0.15) is 6.61 Å². The van der Waals surface area contributed by atoms with E-state index in [-0.39, 0.29) is 30.9 Å². The van der Waals surface area contributed by atoms with Crippen LogP contribution in [0.15, 0.2) is 0 Å². The molecule has 0 heterocycles. The fraction of sp³-hybridized carbons (Fsp3) is 0.946. The molecule has 0 aliphatic carbocycles. The minimum atomic E-state index is -0.254. The molecule has 0 amide bonds. The predicted molar refractivity (Wildman–Crippen MR) is 195 cm³/mol. The van der Waals surface area contributed by atoms with Gasteiger partial charge in [-0.2, -0.15) is 0 Å². The Labute approximate surface area is 318 Å². The largest absolute Gasteiger partial charge is 0.466 e. The van der Waals surface area contributed by atoms with Crippen LogP contribution in [0, 0.1) is 5.92 Å². The van der Waals surface area contributed by atoms with Gasteiger partial charge in [-0.15, -0.1) is 0 Å². The molecule has 0 aromatic rings. The van der Waals surface area contributed by atoms with Crippen molar-refractivity contribution in [1.82, 2.24) is 0 Å². The van der Waals surface area contributed by atoms with Gasteiger partial charge < -0.3 is 66.3 Å². The molecule has 0 aromatic carbocycles. The van der Waals surface area contributed by atoms with E-state index in [4.69, 9.17) is 66.3 Å². The van der Waals surface area contributed by atoms with Crippen molar-refractivity contribution in [1.29, 1.82) is 0 Å². The van der Waals surface area contributed by atoms with Gasteiger partial charge in [0.15, 0.2) is 0 Å². The van der Waals surface area contributed by atoms with E-state index in [2.05, 4.69) is 6.92 Å². The summed E-state index contributed by atoms with van der Waals surface area (Å²) in [4.78, 5) is 23.2. The van der Waals surface area contributed by atoms with E-state index in [1.54, 1.807) is 6.92 Å². The Balaban J connectivity index is 3.14. The van der Waals surface area contributed by atoms with Gasteiger partial charge in [-0.1, -0.05) is 26.7 Å². The van der Waals surface area contributed by atoms with Crippen LogP contribution in [0.4, 0.5) is 0 Å². The molecule has 0 saturated carbocycles. The van der Waals surface area contributed by atoms with Crippen LogP contribution >= 0.6 is 0 Å². The van der Waals surface area contributed by atoms with Crippen molar-refractivity contribution in [2.75, 3.05) is 172 Å². The Morgan fingerprint density at radius 3 is 0.925 bits per heavy atom. The predicted octanol–water partition coefficient (Wildman–Crippen LogP) is 2.90. The van der Waals surface area contributed by atoms with Crippen LogP contribution in [0.1, 0.15) is 52.9 Å². The fourth-order valence-corrected chi connectivity index (χ4v) is 4.17. The van der Waals surface area contributed by atoms with Crippen LogP contribution in [0.2, 0.25) is 0 Å². The first-order valence-corrected chi connectivity index (χ1v) is 19.4. The molecule has 0 rings (SSSR count). The van der Waals surface area contributed by atoms with Crippen LogP contribution in [0.25, 0.3) is 0 Å². The second kappa shape index (κ2) is 44.9. The Bertz CT molecular complexity index is 748. The number of carbonyl (C=O) groups is 2. The smallest absolute Gasteiger partial charge is 0.308 e. The fourth-order valence-electron chi connectivity index (χ4n) is 4.17. The number of ether oxygens (including phenoxy) is 14. The molecule has 1 atom stereocenters. The van der Waals surface area contributed by atoms with E-state index >= 15 is 0 Å². The Kier molecular flexibility index (Phi) is 43.6. The summed E-state index contributed by atoms with van der Waals surface area (Å²) in [5, 5.41) is 0. The SMILES string of the molecule is CCCCC(CC)C(=O)OCCOCCOCCOCCOCCOCCOCCOCCOCCOCCOCCOCCOCCC(=O)OCC. The average Bonchev–Trinajstić information content (AvgIpc) is 3.16. The molecule has 316 valence electrons. The van der Waals surface area contributed by atoms with E-state index in [1.807, 2.05) is 6.92 Å². The van der Waals surface area contributed by atoms with Gasteiger partial charge in [-0.05, 0) is 19.8 Å². The van der Waals surface area contributed by atoms with Crippen LogP contribution in [0.5, 0.6) is 0 Å². The monoisotopic (exact) mass is 772 g/mol. The third-order valence-electron chi connectivity index (χ3n) is 7.05. The van der Waals surface area contributed by atoms with Gasteiger partial charge in [0.2, 0.25) is 0 Å². The molecular weight excluding hydrogens is 700 g/mol. The van der Waals surface area contributed by atoms with Crippen molar-refractivity contribution in [3.8, 4) is 0 Å². The second-order valence-corrected chi connectivity index (χ2v) is 11.3. The standard InChI is InChI=1S/C37H72O16/c1-4-7-8-35(5-2)37(39)53-34-33-51-32-31-50-30-29-49-28-27-48-26-25-47-24-23-46-22-21-45-20-19-44-18-17-43-16-15-42-14-13-41-12-11-40-10-9-36(38)52-6-3/h35H,4-34H2,1-3H3. The molecule has 16 nitrogen and oxygen atoms in total. The highest BCUT2D eigenvalue weighted by molar-refractivity contribution is 5.72. The molecule has 0 aliphatic heterocycles. The topological polar surface area (TPSA) is 163 Å². The van der Waals surface area contributed by atoms with Gasteiger partial charge in [-0.25, -0.2) is 0 Å². The molecule has 0 fully saturated rings. The van der Waals surface area contributed by atoms with Crippen LogP contribution in [-0.4, -0.2) is 184 Å². The number of carbonyl (C=O) groups excluding carboxylic acids is 2. The molecule has 0 aromatic heterocycles. The lowest BCUT2D eigenvalue weighted by atomic mass is 10.00. The highest BCUT2D eigenvalue weighted by Crippen LogP contribution is 2.14. The highest BCUT2D eigenvalue weighted by Gasteiger charge is 2.17. The van der Waals surface area contributed by atoms with Crippen molar-refractivity contribution < 1.29 is 75.9 Å². The minimum absolute atomic E-state index is 0.00837. The molecule has 0 N–H and O–H groups in total. The van der Waals surface area contributed by atoms with Crippen molar-refractivity contribution in [2.45, 2.75) is 52.9 Å². The zero-order chi connectivity index (χ0) is 38.6. The van der Waals surface area contributed by atoms with Gasteiger partial charge in [0.05, 0.1) is 178 Å². The van der Waals surface area contributed by atoms with Crippen molar-refractivity contribution >= 4 is 11.9 Å². The zero-order valence-electron chi connectivity index (χ0n) is 33.0. The number of hydrogen-bond acceptors (Lipinski definition) is 16.